The van der Waals surface area contributed by atoms with E-state index >= 15 is 0 Å². The van der Waals surface area contributed by atoms with Crippen molar-refractivity contribution in [3.05, 3.63) is 0 Å². The quantitative estimate of drug-likeness (QED) is 0.777. The molecule has 0 aromatic rings. The largest absolute Gasteiger partial charge is 0.316 e. The maximum atomic E-state index is 3.44. The van der Waals surface area contributed by atoms with Gasteiger partial charge in [-0.05, 0) is 46.7 Å². The summed E-state index contributed by atoms with van der Waals surface area (Å²) in [5.41, 5.74) is 0. The van der Waals surface area contributed by atoms with Crippen LogP contribution in [0.5, 0.6) is 0 Å². The molecule has 3 nitrogen and oxygen atoms in total. The van der Waals surface area contributed by atoms with E-state index in [1.807, 2.05) is 0 Å². The molecule has 0 spiro atoms. The van der Waals surface area contributed by atoms with Crippen molar-refractivity contribution in [2.45, 2.75) is 51.2 Å². The smallest absolute Gasteiger partial charge is 0.0236 e. The third-order valence-electron chi connectivity index (χ3n) is 4.30. The first-order valence-corrected chi connectivity index (χ1v) is 6.86. The average Bonchev–Trinajstić information content (AvgIpc) is 2.78. The Kier molecular flexibility index (Phi) is 4.22. The van der Waals surface area contributed by atoms with Gasteiger partial charge in [0.2, 0.25) is 0 Å². The molecule has 2 atom stereocenters. The van der Waals surface area contributed by atoms with Crippen molar-refractivity contribution in [3.8, 4) is 0 Å². The van der Waals surface area contributed by atoms with Crippen LogP contribution < -0.4 is 5.32 Å². The van der Waals surface area contributed by atoms with E-state index in [-0.39, 0.29) is 0 Å². The molecule has 0 aliphatic carbocycles. The van der Waals surface area contributed by atoms with Crippen molar-refractivity contribution in [2.24, 2.45) is 0 Å². The minimum atomic E-state index is 0.717. The zero-order valence-corrected chi connectivity index (χ0v) is 11.1. The number of likely N-dealkylation sites (tertiary alicyclic amines) is 2. The van der Waals surface area contributed by atoms with Crippen molar-refractivity contribution in [1.29, 1.82) is 0 Å². The van der Waals surface area contributed by atoms with E-state index in [2.05, 4.69) is 36.0 Å². The fraction of sp³-hybridized carbons (Fsp3) is 1.00. The van der Waals surface area contributed by atoms with Gasteiger partial charge in [-0.25, -0.2) is 0 Å². The second-order valence-electron chi connectivity index (χ2n) is 5.65. The van der Waals surface area contributed by atoms with Gasteiger partial charge < -0.3 is 5.32 Å². The van der Waals surface area contributed by atoms with Gasteiger partial charge in [0, 0.05) is 37.8 Å². The molecule has 2 aliphatic rings. The number of nitrogens with zero attached hydrogens (tertiary/aromatic N) is 2. The van der Waals surface area contributed by atoms with Crippen LogP contribution in [0.4, 0.5) is 0 Å². The lowest BCUT2D eigenvalue weighted by molar-refractivity contribution is 0.136. The second-order valence-corrected chi connectivity index (χ2v) is 5.65. The molecular weight excluding hydrogens is 198 g/mol. The number of hydrogen-bond acceptors (Lipinski definition) is 3. The highest BCUT2D eigenvalue weighted by atomic mass is 15.3. The molecule has 2 fully saturated rings. The molecule has 0 bridgehead atoms. The molecule has 2 rings (SSSR count). The van der Waals surface area contributed by atoms with Crippen molar-refractivity contribution in [3.63, 3.8) is 0 Å². The highest BCUT2D eigenvalue weighted by Crippen LogP contribution is 2.21. The SMILES string of the molecule is CNC1CCCN(C2CCN(C(C)C)C2)C1. The van der Waals surface area contributed by atoms with E-state index in [1.165, 1.54) is 45.4 Å². The molecule has 0 aromatic carbocycles. The van der Waals surface area contributed by atoms with Crippen molar-refractivity contribution < 1.29 is 0 Å². The summed E-state index contributed by atoms with van der Waals surface area (Å²) < 4.78 is 0. The normalized spacial score (nSPS) is 33.8. The summed E-state index contributed by atoms with van der Waals surface area (Å²) in [5, 5.41) is 3.44. The van der Waals surface area contributed by atoms with Crippen LogP contribution in [0, 0.1) is 0 Å². The Bertz CT molecular complexity index is 217. The van der Waals surface area contributed by atoms with Gasteiger partial charge in [0.15, 0.2) is 0 Å². The predicted molar refractivity (Wildman–Crippen MR) is 68.8 cm³/mol. The Balaban J connectivity index is 1.84. The molecule has 2 heterocycles. The molecule has 0 radical (unpaired) electrons. The zero-order valence-electron chi connectivity index (χ0n) is 11.1. The monoisotopic (exact) mass is 225 g/mol. The van der Waals surface area contributed by atoms with Crippen molar-refractivity contribution in [2.75, 3.05) is 33.2 Å². The van der Waals surface area contributed by atoms with Crippen LogP contribution in [0.1, 0.15) is 33.1 Å². The molecule has 2 saturated heterocycles. The fourth-order valence-corrected chi connectivity index (χ4v) is 3.11. The van der Waals surface area contributed by atoms with E-state index in [1.54, 1.807) is 0 Å². The number of likely N-dealkylation sites (N-methyl/N-ethyl adjacent to an activating group) is 1. The molecular formula is C13H27N3. The fourth-order valence-electron chi connectivity index (χ4n) is 3.11. The van der Waals surface area contributed by atoms with Crippen LogP contribution in [0.15, 0.2) is 0 Å². The molecule has 94 valence electrons. The number of nitrogens with one attached hydrogen (secondary N) is 1. The highest BCUT2D eigenvalue weighted by Gasteiger charge is 2.31. The van der Waals surface area contributed by atoms with E-state index in [4.69, 9.17) is 0 Å². The molecule has 1 N–H and O–H groups in total. The highest BCUT2D eigenvalue weighted by molar-refractivity contribution is 4.88. The van der Waals surface area contributed by atoms with Gasteiger partial charge in [-0.1, -0.05) is 0 Å². The molecule has 16 heavy (non-hydrogen) atoms. The number of rotatable bonds is 3. The minimum absolute atomic E-state index is 0.717. The van der Waals surface area contributed by atoms with E-state index in [9.17, 15) is 0 Å². The van der Waals surface area contributed by atoms with Gasteiger partial charge in [0.25, 0.3) is 0 Å². The lowest BCUT2D eigenvalue weighted by Crippen LogP contribution is -2.49. The topological polar surface area (TPSA) is 18.5 Å². The lowest BCUT2D eigenvalue weighted by atomic mass is 10.0. The Labute approximate surface area is 100 Å². The van der Waals surface area contributed by atoms with Crippen molar-refractivity contribution in [1.82, 2.24) is 15.1 Å². The minimum Gasteiger partial charge on any atom is -0.316 e. The Morgan fingerprint density at radius 1 is 1.12 bits per heavy atom. The third kappa shape index (κ3) is 2.76. The number of hydrogen-bond donors (Lipinski definition) is 1. The first-order chi connectivity index (χ1) is 7.70. The van der Waals surface area contributed by atoms with Gasteiger partial charge in [-0.3, -0.25) is 9.80 Å². The van der Waals surface area contributed by atoms with Gasteiger partial charge in [-0.15, -0.1) is 0 Å². The molecule has 2 aliphatic heterocycles. The third-order valence-corrected chi connectivity index (χ3v) is 4.30. The first kappa shape index (κ1) is 12.3. The van der Waals surface area contributed by atoms with E-state index in [0.717, 1.165) is 18.1 Å². The van der Waals surface area contributed by atoms with Crippen LogP contribution in [-0.4, -0.2) is 61.2 Å². The molecule has 0 amide bonds. The molecule has 2 unspecified atom stereocenters. The second kappa shape index (κ2) is 5.48. The maximum absolute atomic E-state index is 3.44. The predicted octanol–water partition coefficient (Wildman–Crippen LogP) is 1.15. The summed E-state index contributed by atoms with van der Waals surface area (Å²) in [6, 6.07) is 2.26. The standard InChI is InChI=1S/C13H27N3/c1-11(2)15-8-6-13(10-15)16-7-4-5-12(9-16)14-3/h11-14H,4-10H2,1-3H3. The van der Waals surface area contributed by atoms with Gasteiger partial charge in [0.05, 0.1) is 0 Å². The average molecular weight is 225 g/mol. The van der Waals surface area contributed by atoms with Crippen molar-refractivity contribution >= 4 is 0 Å². The van der Waals surface area contributed by atoms with Gasteiger partial charge in [0.1, 0.15) is 0 Å². The van der Waals surface area contributed by atoms with E-state index < -0.39 is 0 Å². The summed E-state index contributed by atoms with van der Waals surface area (Å²) >= 11 is 0. The molecule has 0 aromatic heterocycles. The number of piperidine rings is 1. The van der Waals surface area contributed by atoms with E-state index in [0.29, 0.717) is 0 Å². The Morgan fingerprint density at radius 3 is 2.56 bits per heavy atom. The summed E-state index contributed by atoms with van der Waals surface area (Å²) in [7, 11) is 2.10. The molecule has 0 saturated carbocycles. The first-order valence-electron chi connectivity index (χ1n) is 6.86. The summed E-state index contributed by atoms with van der Waals surface area (Å²) in [6.07, 6.45) is 4.09. The van der Waals surface area contributed by atoms with Crippen LogP contribution in [0.2, 0.25) is 0 Å². The maximum Gasteiger partial charge on any atom is 0.0236 e. The Hall–Kier alpha value is -0.120. The lowest BCUT2D eigenvalue weighted by Gasteiger charge is -2.36. The van der Waals surface area contributed by atoms with Crippen LogP contribution >= 0.6 is 0 Å². The summed E-state index contributed by atoms with van der Waals surface area (Å²) in [5.74, 6) is 0. The summed E-state index contributed by atoms with van der Waals surface area (Å²) in [6.45, 7) is 9.78. The van der Waals surface area contributed by atoms with Gasteiger partial charge >= 0.3 is 0 Å². The molecule has 3 heteroatoms. The van der Waals surface area contributed by atoms with Crippen LogP contribution in [0.25, 0.3) is 0 Å². The Morgan fingerprint density at radius 2 is 1.94 bits per heavy atom. The van der Waals surface area contributed by atoms with Crippen LogP contribution in [0.3, 0.4) is 0 Å². The zero-order chi connectivity index (χ0) is 11.5. The van der Waals surface area contributed by atoms with Crippen LogP contribution in [-0.2, 0) is 0 Å². The summed E-state index contributed by atoms with van der Waals surface area (Å²) in [4.78, 5) is 5.33. The van der Waals surface area contributed by atoms with Gasteiger partial charge in [-0.2, -0.15) is 0 Å².